The maximum atomic E-state index is 12.0. The summed E-state index contributed by atoms with van der Waals surface area (Å²) in [6.07, 6.45) is 0.524. The van der Waals surface area contributed by atoms with Crippen molar-refractivity contribution in [1.82, 2.24) is 0 Å². The zero-order valence-corrected chi connectivity index (χ0v) is 10.9. The van der Waals surface area contributed by atoms with Gasteiger partial charge in [0.2, 0.25) is 5.75 Å². The number of nitro benzene ring substituents is 2. The molecule has 1 fully saturated rings. The third-order valence-corrected chi connectivity index (χ3v) is 3.77. The van der Waals surface area contributed by atoms with Gasteiger partial charge >= 0.3 is 13.5 Å². The number of benzene rings is 1. The van der Waals surface area contributed by atoms with Crippen LogP contribution < -0.4 is 4.52 Å². The Morgan fingerprint density at radius 2 is 1.80 bits per heavy atom. The number of phosphoric ester groups is 1. The number of non-ortho nitro benzene ring substituents is 1. The molecule has 0 atom stereocenters. The van der Waals surface area contributed by atoms with Crippen molar-refractivity contribution in [3.63, 3.8) is 0 Å². The van der Waals surface area contributed by atoms with Gasteiger partial charge in [0.25, 0.3) is 5.69 Å². The summed E-state index contributed by atoms with van der Waals surface area (Å²) in [5, 5.41) is 21.5. The van der Waals surface area contributed by atoms with Crippen LogP contribution in [0.4, 0.5) is 11.4 Å². The van der Waals surface area contributed by atoms with Gasteiger partial charge in [-0.1, -0.05) is 0 Å². The third-order valence-electron chi connectivity index (χ3n) is 2.35. The molecule has 0 saturated carbocycles. The van der Waals surface area contributed by atoms with E-state index < -0.39 is 34.8 Å². The van der Waals surface area contributed by atoms with E-state index >= 15 is 0 Å². The lowest BCUT2D eigenvalue weighted by molar-refractivity contribution is -0.394. The average Bonchev–Trinajstić information content (AvgIpc) is 2.39. The number of nitrogens with zero attached hydrogens (tertiary/aromatic N) is 2. The average molecular weight is 304 g/mol. The standard InChI is InChI=1S/C9H9N2O8P/c12-10(13)7-2-3-9(8(6-7)11(14)15)19-20(16)17-4-1-5-18-20/h2-3,6H,1,4-5H2. The Morgan fingerprint density at radius 1 is 1.15 bits per heavy atom. The van der Waals surface area contributed by atoms with E-state index in [9.17, 15) is 24.8 Å². The van der Waals surface area contributed by atoms with Crippen LogP contribution in [0.2, 0.25) is 0 Å². The molecule has 1 saturated heterocycles. The quantitative estimate of drug-likeness (QED) is 0.470. The topological polar surface area (TPSA) is 131 Å². The van der Waals surface area contributed by atoms with E-state index in [0.29, 0.717) is 12.5 Å². The number of rotatable bonds is 4. The Hall–Kier alpha value is -2.03. The van der Waals surface area contributed by atoms with Crippen LogP contribution in [0.5, 0.6) is 5.75 Å². The normalized spacial score (nSPS) is 17.4. The largest absolute Gasteiger partial charge is 0.530 e. The number of hydrogen-bond donors (Lipinski definition) is 0. The van der Waals surface area contributed by atoms with Gasteiger partial charge in [0, 0.05) is 6.07 Å². The lowest BCUT2D eigenvalue weighted by atomic mass is 10.2. The summed E-state index contributed by atoms with van der Waals surface area (Å²) >= 11 is 0. The van der Waals surface area contributed by atoms with Gasteiger partial charge in [0.15, 0.2) is 0 Å². The second kappa shape index (κ2) is 5.53. The van der Waals surface area contributed by atoms with Gasteiger partial charge in [-0.3, -0.25) is 29.3 Å². The first-order chi connectivity index (χ1) is 9.41. The molecule has 20 heavy (non-hydrogen) atoms. The maximum Gasteiger partial charge on any atom is 0.530 e. The monoisotopic (exact) mass is 304 g/mol. The molecule has 1 aliphatic heterocycles. The van der Waals surface area contributed by atoms with E-state index in [1.165, 1.54) is 0 Å². The second-order valence-electron chi connectivity index (χ2n) is 3.72. The number of phosphoric acid groups is 1. The van der Waals surface area contributed by atoms with E-state index in [-0.39, 0.29) is 13.2 Å². The van der Waals surface area contributed by atoms with Crippen molar-refractivity contribution >= 4 is 19.2 Å². The highest BCUT2D eigenvalue weighted by atomic mass is 31.2. The van der Waals surface area contributed by atoms with Gasteiger partial charge in [-0.25, -0.2) is 4.57 Å². The molecule has 0 amide bonds. The van der Waals surface area contributed by atoms with Gasteiger partial charge in [0.1, 0.15) is 0 Å². The van der Waals surface area contributed by atoms with Crippen molar-refractivity contribution < 1.29 is 28.0 Å². The van der Waals surface area contributed by atoms with Crippen molar-refractivity contribution in [3.8, 4) is 5.75 Å². The van der Waals surface area contributed by atoms with Gasteiger partial charge in [-0.05, 0) is 12.5 Å². The molecule has 11 heteroatoms. The summed E-state index contributed by atoms with van der Waals surface area (Å²) in [4.78, 5) is 19.8. The van der Waals surface area contributed by atoms with Crippen LogP contribution in [-0.2, 0) is 13.6 Å². The van der Waals surface area contributed by atoms with E-state index in [4.69, 9.17) is 13.6 Å². The lowest BCUT2D eigenvalue weighted by Gasteiger charge is -2.21. The van der Waals surface area contributed by atoms with Crippen molar-refractivity contribution in [2.75, 3.05) is 13.2 Å². The molecule has 108 valence electrons. The van der Waals surface area contributed by atoms with Crippen molar-refractivity contribution in [1.29, 1.82) is 0 Å². The van der Waals surface area contributed by atoms with Crippen LogP contribution in [-0.4, -0.2) is 23.1 Å². The van der Waals surface area contributed by atoms with Gasteiger partial charge < -0.3 is 4.52 Å². The highest BCUT2D eigenvalue weighted by molar-refractivity contribution is 7.49. The third kappa shape index (κ3) is 3.10. The predicted molar refractivity (Wildman–Crippen MR) is 64.5 cm³/mol. The molecular weight excluding hydrogens is 295 g/mol. The molecule has 2 rings (SSSR count). The van der Waals surface area contributed by atoms with Crippen LogP contribution in [0.15, 0.2) is 18.2 Å². The smallest absolute Gasteiger partial charge is 0.397 e. The first-order valence-electron chi connectivity index (χ1n) is 5.43. The summed E-state index contributed by atoms with van der Waals surface area (Å²) in [6.45, 7) is 0.274. The minimum Gasteiger partial charge on any atom is -0.397 e. The van der Waals surface area contributed by atoms with Crippen LogP contribution in [0.3, 0.4) is 0 Å². The first-order valence-corrected chi connectivity index (χ1v) is 6.89. The van der Waals surface area contributed by atoms with E-state index in [1.807, 2.05) is 0 Å². The van der Waals surface area contributed by atoms with Crippen LogP contribution in [0.25, 0.3) is 0 Å². The molecule has 10 nitrogen and oxygen atoms in total. The Bertz CT molecular complexity index is 594. The molecule has 0 aliphatic carbocycles. The molecule has 0 radical (unpaired) electrons. The summed E-state index contributed by atoms with van der Waals surface area (Å²) < 4.78 is 26.6. The fourth-order valence-electron chi connectivity index (χ4n) is 1.46. The van der Waals surface area contributed by atoms with Gasteiger partial charge in [-0.15, -0.1) is 0 Å². The first kappa shape index (κ1) is 14.4. The number of nitro groups is 2. The molecule has 0 N–H and O–H groups in total. The Morgan fingerprint density at radius 3 is 2.35 bits per heavy atom. The molecule has 1 aromatic carbocycles. The summed E-state index contributed by atoms with van der Waals surface area (Å²) in [5.74, 6) is -0.411. The number of hydrogen-bond acceptors (Lipinski definition) is 8. The molecule has 1 heterocycles. The summed E-state index contributed by atoms with van der Waals surface area (Å²) in [6, 6.07) is 2.70. The van der Waals surface area contributed by atoms with Crippen molar-refractivity contribution in [2.45, 2.75) is 6.42 Å². The molecular formula is C9H9N2O8P. The van der Waals surface area contributed by atoms with Crippen LogP contribution in [0.1, 0.15) is 6.42 Å². The minimum absolute atomic E-state index is 0.137. The molecule has 0 aromatic heterocycles. The predicted octanol–water partition coefficient (Wildman–Crippen LogP) is 2.43. The Labute approximate surface area is 112 Å². The minimum atomic E-state index is -3.92. The van der Waals surface area contributed by atoms with E-state index in [0.717, 1.165) is 12.1 Å². The van der Waals surface area contributed by atoms with Gasteiger partial charge in [0.05, 0.1) is 29.1 Å². The fraction of sp³-hybridized carbons (Fsp3) is 0.333. The van der Waals surface area contributed by atoms with Crippen molar-refractivity contribution in [3.05, 3.63) is 38.4 Å². The van der Waals surface area contributed by atoms with E-state index in [1.54, 1.807) is 0 Å². The second-order valence-corrected chi connectivity index (χ2v) is 5.32. The van der Waals surface area contributed by atoms with Gasteiger partial charge in [-0.2, -0.15) is 0 Å². The SMILES string of the molecule is O=[N+]([O-])c1ccc(OP2(=O)OCCCO2)c([N+](=O)[O-])c1. The molecule has 0 unspecified atom stereocenters. The van der Waals surface area contributed by atoms with E-state index in [2.05, 4.69) is 0 Å². The zero-order valence-electron chi connectivity index (χ0n) is 9.96. The van der Waals surface area contributed by atoms with Crippen molar-refractivity contribution in [2.24, 2.45) is 0 Å². The highest BCUT2D eigenvalue weighted by Crippen LogP contribution is 2.53. The lowest BCUT2D eigenvalue weighted by Crippen LogP contribution is -2.12. The highest BCUT2D eigenvalue weighted by Gasteiger charge is 2.34. The zero-order chi connectivity index (χ0) is 14.8. The molecule has 1 aliphatic rings. The van der Waals surface area contributed by atoms with Crippen LogP contribution >= 0.6 is 7.82 Å². The Kier molecular flexibility index (Phi) is 3.98. The molecule has 0 spiro atoms. The molecule has 1 aromatic rings. The fourth-order valence-corrected chi connectivity index (χ4v) is 2.74. The summed E-state index contributed by atoms with van der Waals surface area (Å²) in [5.41, 5.74) is -1.17. The molecule has 0 bridgehead atoms. The summed E-state index contributed by atoms with van der Waals surface area (Å²) in [7, 11) is -3.92. The van der Waals surface area contributed by atoms with Crippen LogP contribution in [0, 0.1) is 20.2 Å². The Balaban J connectivity index is 2.33. The maximum absolute atomic E-state index is 12.0.